The zero-order valence-corrected chi connectivity index (χ0v) is 13.6. The van der Waals surface area contributed by atoms with Gasteiger partial charge in [-0.2, -0.15) is 5.26 Å². The normalized spacial score (nSPS) is 24.2. The number of nitriles is 1. The summed E-state index contributed by atoms with van der Waals surface area (Å²) in [7, 11) is 0. The van der Waals surface area contributed by atoms with E-state index in [0.29, 0.717) is 5.56 Å². The van der Waals surface area contributed by atoms with Crippen molar-refractivity contribution >= 4 is 11.7 Å². The van der Waals surface area contributed by atoms with Crippen LogP contribution in [0.15, 0.2) is 54.6 Å². The molecule has 3 rings (SSSR count). The first-order chi connectivity index (χ1) is 12.1. The Balaban J connectivity index is 2.04. The number of nitro benzene ring substituents is 1. The van der Waals surface area contributed by atoms with E-state index < -0.39 is 16.3 Å². The predicted octanol–water partition coefficient (Wildman–Crippen LogP) is 3.55. The maximum atomic E-state index is 12.5. The standard InChI is InChI=1S/C19H16N2O4/c1-2-25-18(22)19(12-20)16(13-6-4-3-5-7-13)17(19)14-8-10-15(11-9-14)21(23)24/h3-11,16-17H,2H2,1H3. The quantitative estimate of drug-likeness (QED) is 0.473. The smallest absolute Gasteiger partial charge is 0.327 e. The van der Waals surface area contributed by atoms with Gasteiger partial charge in [-0.3, -0.25) is 14.9 Å². The zero-order chi connectivity index (χ0) is 18.0. The molecule has 1 saturated carbocycles. The summed E-state index contributed by atoms with van der Waals surface area (Å²) in [6, 6.07) is 17.5. The van der Waals surface area contributed by atoms with Gasteiger partial charge in [-0.05, 0) is 18.1 Å². The molecule has 126 valence electrons. The van der Waals surface area contributed by atoms with Gasteiger partial charge in [0.2, 0.25) is 0 Å². The molecule has 0 bridgehead atoms. The maximum Gasteiger partial charge on any atom is 0.327 e. The molecule has 25 heavy (non-hydrogen) atoms. The van der Waals surface area contributed by atoms with Gasteiger partial charge < -0.3 is 4.74 Å². The highest BCUT2D eigenvalue weighted by Crippen LogP contribution is 2.70. The molecule has 1 fully saturated rings. The topological polar surface area (TPSA) is 93.2 Å². The van der Waals surface area contributed by atoms with E-state index >= 15 is 0 Å². The van der Waals surface area contributed by atoms with Crippen LogP contribution in [0.25, 0.3) is 0 Å². The maximum absolute atomic E-state index is 12.5. The lowest BCUT2D eigenvalue weighted by atomic mass is 9.99. The third-order valence-corrected chi connectivity index (χ3v) is 4.63. The van der Waals surface area contributed by atoms with E-state index in [0.717, 1.165) is 5.56 Å². The molecule has 0 N–H and O–H groups in total. The van der Waals surface area contributed by atoms with Crippen LogP contribution in [0, 0.1) is 26.9 Å². The fourth-order valence-corrected chi connectivity index (χ4v) is 3.45. The van der Waals surface area contributed by atoms with Gasteiger partial charge in [-0.15, -0.1) is 0 Å². The summed E-state index contributed by atoms with van der Waals surface area (Å²) in [6.07, 6.45) is 0. The largest absolute Gasteiger partial charge is 0.465 e. The molecule has 6 nitrogen and oxygen atoms in total. The molecule has 0 spiro atoms. The van der Waals surface area contributed by atoms with Crippen LogP contribution >= 0.6 is 0 Å². The summed E-state index contributed by atoms with van der Waals surface area (Å²) < 4.78 is 5.16. The first-order valence-corrected chi connectivity index (χ1v) is 7.94. The van der Waals surface area contributed by atoms with Gasteiger partial charge in [0.05, 0.1) is 17.6 Å². The number of nitro groups is 1. The van der Waals surface area contributed by atoms with Crippen molar-refractivity contribution in [2.75, 3.05) is 6.61 Å². The second-order valence-electron chi connectivity index (χ2n) is 5.92. The number of carbonyl (C=O) groups excluding carboxylic acids is 1. The average Bonchev–Trinajstić information content (AvgIpc) is 3.33. The number of carbonyl (C=O) groups is 1. The van der Waals surface area contributed by atoms with Crippen LogP contribution in [0.2, 0.25) is 0 Å². The van der Waals surface area contributed by atoms with E-state index in [1.54, 1.807) is 19.1 Å². The Bertz CT molecular complexity index is 842. The molecule has 0 aliphatic heterocycles. The number of ether oxygens (including phenoxy) is 1. The van der Waals surface area contributed by atoms with Crippen LogP contribution in [0.5, 0.6) is 0 Å². The molecule has 2 aromatic rings. The monoisotopic (exact) mass is 336 g/mol. The summed E-state index contributed by atoms with van der Waals surface area (Å²) >= 11 is 0. The van der Waals surface area contributed by atoms with E-state index in [1.807, 2.05) is 30.3 Å². The minimum Gasteiger partial charge on any atom is -0.465 e. The molecule has 0 aromatic heterocycles. The fraction of sp³-hybridized carbons (Fsp3) is 0.263. The highest BCUT2D eigenvalue weighted by Gasteiger charge is 2.72. The highest BCUT2D eigenvalue weighted by molar-refractivity contribution is 5.89. The summed E-state index contributed by atoms with van der Waals surface area (Å²) in [4.78, 5) is 22.9. The van der Waals surface area contributed by atoms with Crippen molar-refractivity contribution < 1.29 is 14.5 Å². The van der Waals surface area contributed by atoms with Crippen molar-refractivity contribution in [3.8, 4) is 6.07 Å². The van der Waals surface area contributed by atoms with Crippen molar-refractivity contribution in [2.45, 2.75) is 18.8 Å². The van der Waals surface area contributed by atoms with E-state index in [2.05, 4.69) is 6.07 Å². The third-order valence-electron chi connectivity index (χ3n) is 4.63. The fourth-order valence-electron chi connectivity index (χ4n) is 3.45. The van der Waals surface area contributed by atoms with Gasteiger partial charge in [0.15, 0.2) is 5.41 Å². The number of esters is 1. The second-order valence-corrected chi connectivity index (χ2v) is 5.92. The Hall–Kier alpha value is -3.20. The van der Waals surface area contributed by atoms with Crippen LogP contribution in [0.3, 0.4) is 0 Å². The lowest BCUT2D eigenvalue weighted by molar-refractivity contribution is -0.384. The number of rotatable bonds is 5. The lowest BCUT2D eigenvalue weighted by Gasteiger charge is -2.08. The van der Waals surface area contributed by atoms with Crippen molar-refractivity contribution in [1.82, 2.24) is 0 Å². The number of hydrogen-bond donors (Lipinski definition) is 0. The van der Waals surface area contributed by atoms with Gasteiger partial charge >= 0.3 is 5.97 Å². The Kier molecular flexibility index (Phi) is 4.24. The van der Waals surface area contributed by atoms with Crippen molar-refractivity contribution in [3.63, 3.8) is 0 Å². The zero-order valence-electron chi connectivity index (χ0n) is 13.6. The molecule has 0 heterocycles. The van der Waals surface area contributed by atoms with Crippen molar-refractivity contribution in [3.05, 3.63) is 75.8 Å². The molecular formula is C19H16N2O4. The van der Waals surface area contributed by atoms with E-state index in [4.69, 9.17) is 4.74 Å². The minimum atomic E-state index is -1.30. The van der Waals surface area contributed by atoms with Crippen molar-refractivity contribution in [2.24, 2.45) is 5.41 Å². The Morgan fingerprint density at radius 3 is 2.20 bits per heavy atom. The number of non-ortho nitro benzene ring substituents is 1. The molecule has 1 aliphatic rings. The number of benzene rings is 2. The summed E-state index contributed by atoms with van der Waals surface area (Å²) in [5, 5.41) is 20.6. The Morgan fingerprint density at radius 1 is 1.16 bits per heavy atom. The summed E-state index contributed by atoms with van der Waals surface area (Å²) in [6.45, 7) is 1.89. The average molecular weight is 336 g/mol. The SMILES string of the molecule is CCOC(=O)C1(C#N)C(c2ccccc2)C1c1ccc([N+](=O)[O-])cc1. The molecule has 1 aliphatic carbocycles. The predicted molar refractivity (Wildman–Crippen MR) is 89.7 cm³/mol. The summed E-state index contributed by atoms with van der Waals surface area (Å²) in [5.74, 6) is -1.27. The van der Waals surface area contributed by atoms with Gasteiger partial charge in [0.25, 0.3) is 5.69 Å². The van der Waals surface area contributed by atoms with Crippen LogP contribution in [-0.4, -0.2) is 17.5 Å². The van der Waals surface area contributed by atoms with Crippen LogP contribution in [0.1, 0.15) is 29.9 Å². The van der Waals surface area contributed by atoms with E-state index in [1.165, 1.54) is 12.1 Å². The molecular weight excluding hydrogens is 320 g/mol. The molecule has 3 unspecified atom stereocenters. The molecule has 0 radical (unpaired) electrons. The molecule has 3 atom stereocenters. The first kappa shape index (κ1) is 16.7. The Labute approximate surface area is 144 Å². The highest BCUT2D eigenvalue weighted by atomic mass is 16.6. The number of hydrogen-bond acceptors (Lipinski definition) is 5. The lowest BCUT2D eigenvalue weighted by Crippen LogP contribution is -2.20. The minimum absolute atomic E-state index is 0.0284. The first-order valence-electron chi connectivity index (χ1n) is 7.94. The number of nitrogens with zero attached hydrogens (tertiary/aromatic N) is 2. The molecule has 0 amide bonds. The summed E-state index contributed by atoms with van der Waals surface area (Å²) in [5.41, 5.74) is 0.266. The second kappa shape index (κ2) is 6.36. The Morgan fingerprint density at radius 2 is 1.72 bits per heavy atom. The molecule has 0 saturated heterocycles. The van der Waals surface area contributed by atoms with Gasteiger partial charge in [-0.25, -0.2) is 0 Å². The van der Waals surface area contributed by atoms with Crippen LogP contribution in [0.4, 0.5) is 5.69 Å². The van der Waals surface area contributed by atoms with E-state index in [-0.39, 0.29) is 24.1 Å². The molecule has 6 heteroatoms. The van der Waals surface area contributed by atoms with E-state index in [9.17, 15) is 20.2 Å². The van der Waals surface area contributed by atoms with Gasteiger partial charge in [-0.1, -0.05) is 42.5 Å². The van der Waals surface area contributed by atoms with Crippen LogP contribution < -0.4 is 0 Å². The third kappa shape index (κ3) is 2.64. The molecule has 2 aromatic carbocycles. The van der Waals surface area contributed by atoms with Gasteiger partial charge in [0.1, 0.15) is 0 Å². The van der Waals surface area contributed by atoms with Gasteiger partial charge in [0, 0.05) is 24.0 Å². The van der Waals surface area contributed by atoms with Crippen LogP contribution in [-0.2, 0) is 9.53 Å². The van der Waals surface area contributed by atoms with Crippen molar-refractivity contribution in [1.29, 1.82) is 5.26 Å².